The number of unbranched alkanes of at least 4 members (excludes halogenated alkanes) is 2. The van der Waals surface area contributed by atoms with Crippen LogP contribution in [0.25, 0.3) is 5.82 Å². The summed E-state index contributed by atoms with van der Waals surface area (Å²) in [7, 11) is 0. The van der Waals surface area contributed by atoms with Gasteiger partial charge >= 0.3 is 0 Å². The summed E-state index contributed by atoms with van der Waals surface area (Å²) in [6.45, 7) is 2.81. The Kier molecular flexibility index (Phi) is 4.60. The van der Waals surface area contributed by atoms with Gasteiger partial charge < -0.3 is 5.32 Å². The lowest BCUT2D eigenvalue weighted by Crippen LogP contribution is -2.26. The van der Waals surface area contributed by atoms with E-state index in [9.17, 15) is 4.79 Å². The lowest BCUT2D eigenvalue weighted by molar-refractivity contribution is 0.0952. The van der Waals surface area contributed by atoms with Crippen LogP contribution in [0.4, 0.5) is 0 Å². The Morgan fingerprint density at radius 2 is 2.32 bits per heavy atom. The van der Waals surface area contributed by atoms with E-state index in [-0.39, 0.29) is 5.91 Å². The van der Waals surface area contributed by atoms with Gasteiger partial charge in [0.05, 0.1) is 5.56 Å². The van der Waals surface area contributed by atoms with Gasteiger partial charge in [-0.25, -0.2) is 14.6 Å². The van der Waals surface area contributed by atoms with E-state index in [0.717, 1.165) is 19.3 Å². The van der Waals surface area contributed by atoms with E-state index in [2.05, 4.69) is 27.3 Å². The smallest absolute Gasteiger partial charge is 0.255 e. The molecule has 0 saturated heterocycles. The molecule has 6 nitrogen and oxygen atoms in total. The molecule has 0 unspecified atom stereocenters. The molecule has 0 atom stereocenters. The third kappa shape index (κ3) is 3.37. The molecular weight excluding hydrogens is 242 g/mol. The van der Waals surface area contributed by atoms with Crippen molar-refractivity contribution in [2.75, 3.05) is 6.54 Å². The highest BCUT2D eigenvalue weighted by molar-refractivity contribution is 5.96. The van der Waals surface area contributed by atoms with Crippen LogP contribution in [0.3, 0.4) is 0 Å². The van der Waals surface area contributed by atoms with Crippen LogP contribution in [0, 0.1) is 0 Å². The van der Waals surface area contributed by atoms with E-state index in [1.807, 2.05) is 0 Å². The van der Waals surface area contributed by atoms with Crippen LogP contribution in [0.2, 0.25) is 0 Å². The van der Waals surface area contributed by atoms with Gasteiger partial charge in [0.1, 0.15) is 12.7 Å². The van der Waals surface area contributed by atoms with Crippen LogP contribution < -0.4 is 5.32 Å². The Morgan fingerprint density at radius 1 is 1.42 bits per heavy atom. The van der Waals surface area contributed by atoms with Gasteiger partial charge in [-0.2, -0.15) is 5.10 Å². The summed E-state index contributed by atoms with van der Waals surface area (Å²) in [5.41, 5.74) is 0.504. The van der Waals surface area contributed by atoms with E-state index in [0.29, 0.717) is 17.9 Å². The molecule has 0 aromatic carbocycles. The minimum atomic E-state index is -0.130. The number of hydrogen-bond donors (Lipinski definition) is 1. The number of rotatable bonds is 6. The minimum Gasteiger partial charge on any atom is -0.352 e. The van der Waals surface area contributed by atoms with Crippen molar-refractivity contribution in [1.82, 2.24) is 25.1 Å². The Balaban J connectivity index is 2.09. The van der Waals surface area contributed by atoms with E-state index in [1.54, 1.807) is 18.3 Å². The first-order valence-electron chi connectivity index (χ1n) is 6.41. The normalized spacial score (nSPS) is 10.4. The highest BCUT2D eigenvalue weighted by Crippen LogP contribution is 2.09. The molecule has 0 bridgehead atoms. The van der Waals surface area contributed by atoms with Crippen LogP contribution in [-0.4, -0.2) is 32.2 Å². The van der Waals surface area contributed by atoms with E-state index in [4.69, 9.17) is 0 Å². The van der Waals surface area contributed by atoms with Crippen molar-refractivity contribution in [3.8, 4) is 5.82 Å². The number of nitrogens with zero attached hydrogens (tertiary/aromatic N) is 4. The number of amides is 1. The summed E-state index contributed by atoms with van der Waals surface area (Å²) in [5, 5.41) is 6.90. The van der Waals surface area contributed by atoms with Gasteiger partial charge in [0.25, 0.3) is 5.91 Å². The molecule has 19 heavy (non-hydrogen) atoms. The average Bonchev–Trinajstić information content (AvgIpc) is 2.97. The molecule has 0 saturated carbocycles. The van der Waals surface area contributed by atoms with Crippen LogP contribution in [0.1, 0.15) is 36.5 Å². The van der Waals surface area contributed by atoms with Crippen molar-refractivity contribution in [3.63, 3.8) is 0 Å². The van der Waals surface area contributed by atoms with Gasteiger partial charge in [0.2, 0.25) is 0 Å². The topological polar surface area (TPSA) is 72.7 Å². The van der Waals surface area contributed by atoms with Crippen molar-refractivity contribution >= 4 is 5.91 Å². The molecule has 0 aliphatic heterocycles. The maximum Gasteiger partial charge on any atom is 0.255 e. The zero-order valence-corrected chi connectivity index (χ0v) is 10.9. The number of pyridine rings is 1. The van der Waals surface area contributed by atoms with E-state index >= 15 is 0 Å². The summed E-state index contributed by atoms with van der Waals surface area (Å²) in [4.78, 5) is 20.2. The molecule has 100 valence electrons. The second-order valence-electron chi connectivity index (χ2n) is 4.18. The SMILES string of the molecule is CCCCCNC(=O)c1cccnc1-n1cncn1. The third-order valence-corrected chi connectivity index (χ3v) is 2.73. The molecule has 1 amide bonds. The minimum absolute atomic E-state index is 0.130. The van der Waals surface area contributed by atoms with Crippen molar-refractivity contribution in [3.05, 3.63) is 36.5 Å². The predicted molar refractivity (Wildman–Crippen MR) is 71.0 cm³/mol. The fourth-order valence-electron chi connectivity index (χ4n) is 1.75. The Bertz CT molecular complexity index is 524. The molecule has 0 spiro atoms. The summed E-state index contributed by atoms with van der Waals surface area (Å²) in [6, 6.07) is 3.47. The number of carbonyl (C=O) groups excluding carboxylic acids is 1. The van der Waals surface area contributed by atoms with E-state index < -0.39 is 0 Å². The molecular formula is C13H17N5O. The number of nitrogens with one attached hydrogen (secondary N) is 1. The largest absolute Gasteiger partial charge is 0.352 e. The quantitative estimate of drug-likeness (QED) is 0.799. The first-order chi connectivity index (χ1) is 9.33. The van der Waals surface area contributed by atoms with Gasteiger partial charge in [0.15, 0.2) is 5.82 Å². The lowest BCUT2D eigenvalue weighted by atomic mass is 10.2. The molecule has 2 aromatic rings. The maximum absolute atomic E-state index is 12.1. The maximum atomic E-state index is 12.1. The van der Waals surface area contributed by atoms with Crippen LogP contribution >= 0.6 is 0 Å². The van der Waals surface area contributed by atoms with Gasteiger partial charge in [-0.15, -0.1) is 0 Å². The lowest BCUT2D eigenvalue weighted by Gasteiger charge is -2.08. The zero-order valence-electron chi connectivity index (χ0n) is 10.9. The van der Waals surface area contributed by atoms with Gasteiger partial charge in [-0.3, -0.25) is 4.79 Å². The summed E-state index contributed by atoms with van der Waals surface area (Å²) >= 11 is 0. The van der Waals surface area contributed by atoms with Crippen molar-refractivity contribution < 1.29 is 4.79 Å². The summed E-state index contributed by atoms with van der Waals surface area (Å²) in [6.07, 6.45) is 7.80. The predicted octanol–water partition coefficient (Wildman–Crippen LogP) is 1.58. The Labute approximate surface area is 111 Å². The second-order valence-corrected chi connectivity index (χ2v) is 4.18. The third-order valence-electron chi connectivity index (χ3n) is 2.73. The molecule has 1 N–H and O–H groups in total. The number of hydrogen-bond acceptors (Lipinski definition) is 4. The summed E-state index contributed by atoms with van der Waals surface area (Å²) < 4.78 is 1.49. The number of aromatic nitrogens is 4. The first kappa shape index (κ1) is 13.2. The van der Waals surface area contributed by atoms with Crippen molar-refractivity contribution in [1.29, 1.82) is 0 Å². The molecule has 2 aromatic heterocycles. The van der Waals surface area contributed by atoms with Crippen molar-refractivity contribution in [2.24, 2.45) is 0 Å². The average molecular weight is 259 g/mol. The fourth-order valence-corrected chi connectivity index (χ4v) is 1.75. The highest BCUT2D eigenvalue weighted by atomic mass is 16.1. The molecule has 0 radical (unpaired) electrons. The molecule has 2 heterocycles. The molecule has 0 fully saturated rings. The highest BCUT2D eigenvalue weighted by Gasteiger charge is 2.13. The van der Waals surface area contributed by atoms with E-state index in [1.165, 1.54) is 17.3 Å². The molecule has 6 heteroatoms. The first-order valence-corrected chi connectivity index (χ1v) is 6.41. The van der Waals surface area contributed by atoms with Gasteiger partial charge in [0, 0.05) is 12.7 Å². The molecule has 0 aliphatic rings. The van der Waals surface area contributed by atoms with Gasteiger partial charge in [-0.05, 0) is 18.6 Å². The number of carbonyl (C=O) groups is 1. The second kappa shape index (κ2) is 6.63. The molecule has 0 aliphatic carbocycles. The van der Waals surface area contributed by atoms with Gasteiger partial charge in [-0.1, -0.05) is 19.8 Å². The van der Waals surface area contributed by atoms with Crippen LogP contribution in [0.15, 0.2) is 31.0 Å². The Hall–Kier alpha value is -2.24. The zero-order chi connectivity index (χ0) is 13.5. The standard InChI is InChI=1S/C13H17N5O/c1-2-3-4-7-16-13(19)11-6-5-8-15-12(11)18-10-14-9-17-18/h5-6,8-10H,2-4,7H2,1H3,(H,16,19). The Morgan fingerprint density at radius 3 is 3.05 bits per heavy atom. The van der Waals surface area contributed by atoms with Crippen molar-refractivity contribution in [2.45, 2.75) is 26.2 Å². The monoisotopic (exact) mass is 259 g/mol. The van der Waals surface area contributed by atoms with Crippen LogP contribution in [0.5, 0.6) is 0 Å². The van der Waals surface area contributed by atoms with Crippen LogP contribution in [-0.2, 0) is 0 Å². The summed E-state index contributed by atoms with van der Waals surface area (Å²) in [5.74, 6) is 0.364. The fraction of sp³-hybridized carbons (Fsp3) is 0.385. The molecule has 2 rings (SSSR count).